The van der Waals surface area contributed by atoms with Crippen LogP contribution >= 0.6 is 0 Å². The van der Waals surface area contributed by atoms with Gasteiger partial charge in [-0.1, -0.05) is 13.8 Å². The van der Waals surface area contributed by atoms with Crippen LogP contribution in [0.2, 0.25) is 0 Å². The third-order valence-electron chi connectivity index (χ3n) is 2.25. The van der Waals surface area contributed by atoms with Gasteiger partial charge in [-0.05, 0) is 19.3 Å². The molecule has 2 amide bonds. The van der Waals surface area contributed by atoms with Gasteiger partial charge in [-0.2, -0.15) is 0 Å². The number of carbonyl (C=O) groups excluding carboxylic acids is 3. The summed E-state index contributed by atoms with van der Waals surface area (Å²) in [6, 6.07) is -0.681. The molecule has 0 spiro atoms. The minimum Gasteiger partial charge on any atom is -0.466 e. The topological polar surface area (TPSA) is 98.5 Å². The molecule has 0 saturated carbocycles. The number of amides is 2. The molecule has 0 saturated heterocycles. The summed E-state index contributed by atoms with van der Waals surface area (Å²) in [5, 5.41) is 2.52. The van der Waals surface area contributed by atoms with Crippen molar-refractivity contribution in [3.05, 3.63) is 0 Å². The lowest BCUT2D eigenvalue weighted by atomic mass is 10.0. The predicted octanol–water partition coefficient (Wildman–Crippen LogP) is 0.346. The fraction of sp³-hybridized carbons (Fsp3) is 0.750. The fourth-order valence-corrected chi connectivity index (χ4v) is 1.43. The normalized spacial score (nSPS) is 12.0. The predicted molar refractivity (Wildman–Crippen MR) is 66.4 cm³/mol. The maximum absolute atomic E-state index is 11.5. The van der Waals surface area contributed by atoms with E-state index in [1.54, 1.807) is 6.92 Å². The first kappa shape index (κ1) is 16.4. The van der Waals surface area contributed by atoms with Gasteiger partial charge in [-0.25, -0.2) is 0 Å². The maximum atomic E-state index is 11.5. The average Bonchev–Trinajstić information content (AvgIpc) is 2.25. The van der Waals surface area contributed by atoms with E-state index in [1.807, 2.05) is 13.8 Å². The molecule has 0 heterocycles. The summed E-state index contributed by atoms with van der Waals surface area (Å²) in [5.74, 6) is -1.11. The van der Waals surface area contributed by atoms with Crippen LogP contribution in [-0.4, -0.2) is 30.4 Å². The van der Waals surface area contributed by atoms with E-state index in [9.17, 15) is 14.4 Å². The Hall–Kier alpha value is -1.59. The molecule has 0 aromatic carbocycles. The van der Waals surface area contributed by atoms with Gasteiger partial charge in [0.1, 0.15) is 6.04 Å². The number of ether oxygens (including phenoxy) is 1. The molecule has 6 nitrogen and oxygen atoms in total. The van der Waals surface area contributed by atoms with Crippen molar-refractivity contribution in [2.75, 3.05) is 6.61 Å². The highest BCUT2D eigenvalue weighted by molar-refractivity contribution is 5.87. The Morgan fingerprint density at radius 2 is 1.83 bits per heavy atom. The van der Waals surface area contributed by atoms with E-state index in [0.717, 1.165) is 0 Å². The monoisotopic (exact) mass is 258 g/mol. The number of nitrogens with two attached hydrogens (primary N) is 1. The molecule has 0 unspecified atom stereocenters. The lowest BCUT2D eigenvalue weighted by Gasteiger charge is -2.17. The van der Waals surface area contributed by atoms with Gasteiger partial charge in [0, 0.05) is 6.42 Å². The van der Waals surface area contributed by atoms with Gasteiger partial charge < -0.3 is 15.8 Å². The quantitative estimate of drug-likeness (QED) is 0.613. The highest BCUT2D eigenvalue weighted by Crippen LogP contribution is 2.05. The van der Waals surface area contributed by atoms with Crippen molar-refractivity contribution in [3.63, 3.8) is 0 Å². The molecule has 0 aliphatic rings. The van der Waals surface area contributed by atoms with Crippen LogP contribution in [0.15, 0.2) is 0 Å². The van der Waals surface area contributed by atoms with Crippen LogP contribution in [-0.2, 0) is 19.1 Å². The molecular formula is C12H22N2O4. The van der Waals surface area contributed by atoms with Crippen LogP contribution in [0.5, 0.6) is 0 Å². The first-order valence-electron chi connectivity index (χ1n) is 6.11. The van der Waals surface area contributed by atoms with Crippen molar-refractivity contribution in [1.29, 1.82) is 0 Å². The Kier molecular flexibility index (Phi) is 7.74. The molecule has 6 heteroatoms. The molecule has 0 aliphatic heterocycles. The molecule has 0 aliphatic carbocycles. The number of esters is 1. The van der Waals surface area contributed by atoms with E-state index in [2.05, 4.69) is 5.32 Å². The number of primary amides is 1. The van der Waals surface area contributed by atoms with E-state index in [1.165, 1.54) is 0 Å². The van der Waals surface area contributed by atoms with Crippen LogP contribution < -0.4 is 11.1 Å². The lowest BCUT2D eigenvalue weighted by Crippen LogP contribution is -2.45. The summed E-state index contributed by atoms with van der Waals surface area (Å²) >= 11 is 0. The standard InChI is InChI=1S/C12H22N2O4/c1-4-18-11(16)6-5-10(15)14-9(12(13)17)7-8(2)3/h8-9H,4-7H2,1-3H3,(H2,13,17)(H,14,15)/t9-/m1/s1. The van der Waals surface area contributed by atoms with Crippen molar-refractivity contribution in [3.8, 4) is 0 Å². The molecular weight excluding hydrogens is 236 g/mol. The van der Waals surface area contributed by atoms with E-state index in [-0.39, 0.29) is 31.3 Å². The van der Waals surface area contributed by atoms with Crippen LogP contribution in [0.4, 0.5) is 0 Å². The van der Waals surface area contributed by atoms with Gasteiger partial charge in [0.15, 0.2) is 0 Å². The van der Waals surface area contributed by atoms with E-state index in [0.29, 0.717) is 6.42 Å². The maximum Gasteiger partial charge on any atom is 0.306 e. The summed E-state index contributed by atoms with van der Waals surface area (Å²) in [4.78, 5) is 33.7. The number of rotatable bonds is 8. The van der Waals surface area contributed by atoms with Gasteiger partial charge in [0.2, 0.25) is 11.8 Å². The number of hydrogen-bond donors (Lipinski definition) is 2. The molecule has 0 fully saturated rings. The molecule has 0 rings (SSSR count). The zero-order valence-electron chi connectivity index (χ0n) is 11.2. The van der Waals surface area contributed by atoms with Gasteiger partial charge in [0.25, 0.3) is 0 Å². The Morgan fingerprint density at radius 1 is 1.22 bits per heavy atom. The Balaban J connectivity index is 4.10. The highest BCUT2D eigenvalue weighted by Gasteiger charge is 2.19. The molecule has 0 radical (unpaired) electrons. The van der Waals surface area contributed by atoms with Gasteiger partial charge >= 0.3 is 5.97 Å². The van der Waals surface area contributed by atoms with Crippen molar-refractivity contribution >= 4 is 17.8 Å². The van der Waals surface area contributed by atoms with E-state index < -0.39 is 17.9 Å². The minimum atomic E-state index is -0.681. The zero-order chi connectivity index (χ0) is 14.1. The summed E-state index contributed by atoms with van der Waals surface area (Å²) in [6.45, 7) is 5.85. The SMILES string of the molecule is CCOC(=O)CCC(=O)N[C@H](CC(C)C)C(N)=O. The summed E-state index contributed by atoms with van der Waals surface area (Å²) < 4.78 is 4.70. The molecule has 104 valence electrons. The van der Waals surface area contributed by atoms with Crippen LogP contribution in [0.1, 0.15) is 40.0 Å². The number of carbonyl (C=O) groups is 3. The van der Waals surface area contributed by atoms with E-state index >= 15 is 0 Å². The Labute approximate surface area is 107 Å². The molecule has 0 aromatic rings. The fourth-order valence-electron chi connectivity index (χ4n) is 1.43. The minimum absolute atomic E-state index is 0.000703. The third-order valence-corrected chi connectivity index (χ3v) is 2.25. The molecule has 0 aromatic heterocycles. The summed E-state index contributed by atoms with van der Waals surface area (Å²) in [6.07, 6.45) is 0.494. The van der Waals surface area contributed by atoms with Crippen LogP contribution in [0, 0.1) is 5.92 Å². The van der Waals surface area contributed by atoms with Crippen LogP contribution in [0.3, 0.4) is 0 Å². The first-order chi connectivity index (χ1) is 8.36. The molecule has 3 N–H and O–H groups in total. The van der Waals surface area contributed by atoms with Crippen LogP contribution in [0.25, 0.3) is 0 Å². The molecule has 18 heavy (non-hydrogen) atoms. The van der Waals surface area contributed by atoms with Gasteiger partial charge in [-0.15, -0.1) is 0 Å². The second kappa shape index (κ2) is 8.49. The lowest BCUT2D eigenvalue weighted by molar-refractivity contribution is -0.144. The van der Waals surface area contributed by atoms with Gasteiger partial charge in [-0.3, -0.25) is 14.4 Å². The first-order valence-corrected chi connectivity index (χ1v) is 6.11. The van der Waals surface area contributed by atoms with E-state index in [4.69, 9.17) is 10.5 Å². The second-order valence-corrected chi connectivity index (χ2v) is 4.46. The van der Waals surface area contributed by atoms with Crippen molar-refractivity contribution in [2.24, 2.45) is 11.7 Å². The highest BCUT2D eigenvalue weighted by atomic mass is 16.5. The van der Waals surface area contributed by atoms with Gasteiger partial charge in [0.05, 0.1) is 13.0 Å². The van der Waals surface area contributed by atoms with Crippen molar-refractivity contribution in [2.45, 2.75) is 46.1 Å². The Bertz CT molecular complexity index is 302. The third kappa shape index (κ3) is 7.65. The average molecular weight is 258 g/mol. The molecule has 0 bridgehead atoms. The number of nitrogens with one attached hydrogen (secondary N) is 1. The Morgan fingerprint density at radius 3 is 2.28 bits per heavy atom. The zero-order valence-corrected chi connectivity index (χ0v) is 11.2. The van der Waals surface area contributed by atoms with Crippen molar-refractivity contribution < 1.29 is 19.1 Å². The summed E-state index contributed by atoms with van der Waals surface area (Å²) in [5.41, 5.74) is 5.19. The smallest absolute Gasteiger partial charge is 0.306 e. The number of hydrogen-bond acceptors (Lipinski definition) is 4. The second-order valence-electron chi connectivity index (χ2n) is 4.46. The van der Waals surface area contributed by atoms with Crippen molar-refractivity contribution in [1.82, 2.24) is 5.32 Å². The molecule has 1 atom stereocenters. The summed E-state index contributed by atoms with van der Waals surface area (Å²) in [7, 11) is 0. The largest absolute Gasteiger partial charge is 0.466 e.